The molecule has 0 aromatic heterocycles. The number of carboxylic acid groups (broad SMARTS) is 1. The number of primary amides is 1. The van der Waals surface area contributed by atoms with E-state index in [1.165, 1.54) is 0 Å². The summed E-state index contributed by atoms with van der Waals surface area (Å²) in [4.78, 5) is 64.9. The number of nitrogens with two attached hydrogens (primary N) is 5. The molecule has 0 radical (unpaired) electrons. The van der Waals surface area contributed by atoms with Gasteiger partial charge < -0.3 is 49.7 Å². The van der Waals surface area contributed by atoms with Crippen LogP contribution in [0.1, 0.15) is 58.8 Å². The van der Waals surface area contributed by atoms with E-state index in [1.807, 2.05) is 0 Å². The second-order valence-corrected chi connectivity index (χ2v) is 9.04. The fourth-order valence-electron chi connectivity index (χ4n) is 3.28. The number of carboxylic acids is 1. The predicted molar refractivity (Wildman–Crippen MR) is 137 cm³/mol. The number of rotatable bonds is 19. The molecule has 0 spiro atoms. The predicted octanol–water partition coefficient (Wildman–Crippen LogP) is -3.04. The Hall–Kier alpha value is -3.46. The van der Waals surface area contributed by atoms with Crippen molar-refractivity contribution in [3.63, 3.8) is 0 Å². The van der Waals surface area contributed by atoms with Gasteiger partial charge in [-0.15, -0.1) is 0 Å². The lowest BCUT2D eigenvalue weighted by Crippen LogP contribution is -2.58. The molecule has 212 valence electrons. The van der Waals surface area contributed by atoms with Crippen molar-refractivity contribution in [1.29, 1.82) is 0 Å². The number of hydrogen-bond acceptors (Lipinski definition) is 8. The van der Waals surface area contributed by atoms with Gasteiger partial charge in [0.1, 0.15) is 18.1 Å². The molecule has 0 aliphatic carbocycles. The van der Waals surface area contributed by atoms with E-state index in [0.717, 1.165) is 0 Å². The maximum absolute atomic E-state index is 13.1. The third-order valence-electron chi connectivity index (χ3n) is 5.43. The van der Waals surface area contributed by atoms with Crippen LogP contribution in [0.25, 0.3) is 0 Å². The first-order valence-corrected chi connectivity index (χ1v) is 12.2. The fourth-order valence-corrected chi connectivity index (χ4v) is 3.28. The summed E-state index contributed by atoms with van der Waals surface area (Å²) in [5, 5.41) is 17.1. The summed E-state index contributed by atoms with van der Waals surface area (Å²) >= 11 is 0. The number of aliphatic imine (C=N–C) groups is 1. The van der Waals surface area contributed by atoms with Crippen molar-refractivity contribution < 1.29 is 29.1 Å². The zero-order valence-electron chi connectivity index (χ0n) is 21.6. The first kappa shape index (κ1) is 33.5. The molecule has 0 rings (SSSR count). The monoisotopic (exact) mass is 529 g/mol. The molecule has 37 heavy (non-hydrogen) atoms. The summed E-state index contributed by atoms with van der Waals surface area (Å²) in [5.41, 5.74) is 27.0. The van der Waals surface area contributed by atoms with E-state index in [-0.39, 0.29) is 44.1 Å². The van der Waals surface area contributed by atoms with Crippen LogP contribution in [0.4, 0.5) is 0 Å². The Morgan fingerprint density at radius 3 is 1.92 bits per heavy atom. The van der Waals surface area contributed by atoms with Gasteiger partial charge in [0, 0.05) is 13.0 Å². The summed E-state index contributed by atoms with van der Waals surface area (Å²) in [6.45, 7) is 3.94. The molecule has 0 heterocycles. The van der Waals surface area contributed by atoms with Gasteiger partial charge in [0.05, 0.1) is 6.04 Å². The van der Waals surface area contributed by atoms with E-state index in [1.54, 1.807) is 13.8 Å². The number of aliphatic carboxylic acids is 1. The van der Waals surface area contributed by atoms with E-state index >= 15 is 0 Å². The molecular weight excluding hydrogens is 486 g/mol. The summed E-state index contributed by atoms with van der Waals surface area (Å²) in [7, 11) is 0. The number of carbonyl (C=O) groups is 5. The van der Waals surface area contributed by atoms with Gasteiger partial charge in [0.25, 0.3) is 0 Å². The van der Waals surface area contributed by atoms with Crippen molar-refractivity contribution >= 4 is 35.6 Å². The Bertz CT molecular complexity index is 802. The van der Waals surface area contributed by atoms with Crippen molar-refractivity contribution in [2.75, 3.05) is 13.1 Å². The Labute approximate surface area is 216 Å². The minimum absolute atomic E-state index is 0.00412. The smallest absolute Gasteiger partial charge is 0.326 e. The molecule has 0 fully saturated rings. The number of carbonyl (C=O) groups excluding carboxylic acids is 4. The Morgan fingerprint density at radius 2 is 1.41 bits per heavy atom. The highest BCUT2D eigenvalue weighted by Crippen LogP contribution is 2.08. The van der Waals surface area contributed by atoms with E-state index < -0.39 is 53.8 Å². The molecule has 0 aliphatic rings. The van der Waals surface area contributed by atoms with Gasteiger partial charge in [0.2, 0.25) is 23.6 Å². The van der Waals surface area contributed by atoms with Gasteiger partial charge in [-0.05, 0) is 51.0 Å². The molecule has 0 aliphatic heterocycles. The quantitative estimate of drug-likeness (QED) is 0.0463. The molecule has 14 N–H and O–H groups in total. The molecule has 0 saturated carbocycles. The van der Waals surface area contributed by atoms with E-state index in [2.05, 4.69) is 20.9 Å². The van der Waals surface area contributed by atoms with Crippen molar-refractivity contribution in [1.82, 2.24) is 16.0 Å². The maximum Gasteiger partial charge on any atom is 0.326 e. The van der Waals surface area contributed by atoms with Crippen LogP contribution in [-0.4, -0.2) is 77.9 Å². The number of hydrogen-bond donors (Lipinski definition) is 9. The minimum Gasteiger partial charge on any atom is -0.480 e. The van der Waals surface area contributed by atoms with Crippen molar-refractivity contribution in [2.45, 2.75) is 83.0 Å². The number of nitrogens with one attached hydrogen (secondary N) is 3. The lowest BCUT2D eigenvalue weighted by molar-refractivity contribution is -0.142. The zero-order valence-corrected chi connectivity index (χ0v) is 21.6. The number of nitrogens with zero attached hydrogens (tertiary/aromatic N) is 1. The first-order valence-electron chi connectivity index (χ1n) is 12.2. The Morgan fingerprint density at radius 1 is 0.811 bits per heavy atom. The SMILES string of the molecule is CC(C)C(NC(=O)C(N)CCC(N)=O)C(=O)NC(CCCN=C(N)N)C(=O)NC(CCCCN)C(=O)O. The van der Waals surface area contributed by atoms with Gasteiger partial charge in [-0.1, -0.05) is 13.8 Å². The molecular formula is C22H43N9O6. The largest absolute Gasteiger partial charge is 0.480 e. The highest BCUT2D eigenvalue weighted by molar-refractivity contribution is 5.94. The number of amides is 4. The molecule has 0 saturated heterocycles. The zero-order chi connectivity index (χ0) is 28.5. The molecule has 15 nitrogen and oxygen atoms in total. The van der Waals surface area contributed by atoms with Crippen LogP contribution in [-0.2, 0) is 24.0 Å². The van der Waals surface area contributed by atoms with Gasteiger partial charge in [-0.2, -0.15) is 0 Å². The van der Waals surface area contributed by atoms with Crippen LogP contribution in [0.2, 0.25) is 0 Å². The second-order valence-electron chi connectivity index (χ2n) is 9.04. The van der Waals surface area contributed by atoms with Crippen LogP contribution in [0, 0.1) is 5.92 Å². The topological polar surface area (TPSA) is 284 Å². The standard InChI is InChI=1S/C22H43N9O6/c1-12(2)17(31-18(33)13(24)8-9-16(25)32)20(35)29-14(7-5-11-28-22(26)27)19(34)30-15(21(36)37)6-3-4-10-23/h12-15,17H,3-11,23-24H2,1-2H3,(H2,25,32)(H,29,35)(H,30,34)(H,31,33)(H,36,37)(H4,26,27,28). The number of guanidine groups is 1. The molecule has 0 aromatic rings. The average molecular weight is 530 g/mol. The molecule has 0 aromatic carbocycles. The highest BCUT2D eigenvalue weighted by Gasteiger charge is 2.31. The Kier molecular flexibility index (Phi) is 16.2. The molecule has 15 heteroatoms. The highest BCUT2D eigenvalue weighted by atomic mass is 16.4. The fraction of sp³-hybridized carbons (Fsp3) is 0.727. The lowest BCUT2D eigenvalue weighted by Gasteiger charge is -2.27. The molecule has 4 atom stereocenters. The third kappa shape index (κ3) is 14.6. The summed E-state index contributed by atoms with van der Waals surface area (Å²) in [6, 6.07) is -4.41. The van der Waals surface area contributed by atoms with Gasteiger partial charge >= 0.3 is 5.97 Å². The average Bonchev–Trinajstić information content (AvgIpc) is 2.81. The summed E-state index contributed by atoms with van der Waals surface area (Å²) in [6.07, 6.45) is 1.56. The second kappa shape index (κ2) is 17.9. The van der Waals surface area contributed by atoms with Crippen LogP contribution in [0.5, 0.6) is 0 Å². The van der Waals surface area contributed by atoms with E-state index in [9.17, 15) is 29.1 Å². The van der Waals surface area contributed by atoms with E-state index in [0.29, 0.717) is 25.8 Å². The van der Waals surface area contributed by atoms with Gasteiger partial charge in [-0.3, -0.25) is 24.2 Å². The van der Waals surface area contributed by atoms with Gasteiger partial charge in [0.15, 0.2) is 5.96 Å². The third-order valence-corrected chi connectivity index (χ3v) is 5.43. The molecule has 4 amide bonds. The summed E-state index contributed by atoms with van der Waals surface area (Å²) < 4.78 is 0. The van der Waals surface area contributed by atoms with Crippen LogP contribution in [0.3, 0.4) is 0 Å². The van der Waals surface area contributed by atoms with Gasteiger partial charge in [-0.25, -0.2) is 4.79 Å². The first-order chi connectivity index (χ1) is 17.3. The number of unbranched alkanes of at least 4 members (excludes halogenated alkanes) is 1. The molecule has 0 bridgehead atoms. The van der Waals surface area contributed by atoms with Crippen LogP contribution < -0.4 is 44.6 Å². The van der Waals surface area contributed by atoms with Crippen LogP contribution in [0.15, 0.2) is 4.99 Å². The van der Waals surface area contributed by atoms with Crippen LogP contribution >= 0.6 is 0 Å². The van der Waals surface area contributed by atoms with Crippen molar-refractivity contribution in [3.05, 3.63) is 0 Å². The minimum atomic E-state index is -1.21. The Balaban J connectivity index is 5.52. The lowest BCUT2D eigenvalue weighted by atomic mass is 10.0. The van der Waals surface area contributed by atoms with Crippen molar-refractivity contribution in [3.8, 4) is 0 Å². The summed E-state index contributed by atoms with van der Waals surface area (Å²) in [5.74, 6) is -4.37. The van der Waals surface area contributed by atoms with Crippen molar-refractivity contribution in [2.24, 2.45) is 39.6 Å². The molecule has 4 unspecified atom stereocenters. The normalized spacial score (nSPS) is 14.1. The van der Waals surface area contributed by atoms with E-state index in [4.69, 9.17) is 28.7 Å². The maximum atomic E-state index is 13.1.